The number of fused-ring (bicyclic) bond motifs is 1. The van der Waals surface area contributed by atoms with Crippen molar-refractivity contribution in [2.45, 2.75) is 6.42 Å². The smallest absolute Gasteiger partial charge is 0.281 e. The second-order valence-corrected chi connectivity index (χ2v) is 8.11. The largest absolute Gasteiger partial charge is 0.345 e. The molecule has 1 aliphatic heterocycles. The van der Waals surface area contributed by atoms with Crippen LogP contribution in [-0.2, 0) is 10.2 Å². The molecule has 1 amide bonds. The summed E-state index contributed by atoms with van der Waals surface area (Å²) in [7, 11) is -0.410. The molecular formula is C15H21N5O3S. The van der Waals surface area contributed by atoms with E-state index in [9.17, 15) is 13.2 Å². The van der Waals surface area contributed by atoms with Gasteiger partial charge in [0.05, 0.1) is 17.4 Å². The van der Waals surface area contributed by atoms with E-state index >= 15 is 0 Å². The van der Waals surface area contributed by atoms with Crippen molar-refractivity contribution >= 4 is 27.1 Å². The van der Waals surface area contributed by atoms with E-state index in [-0.39, 0.29) is 5.91 Å². The van der Waals surface area contributed by atoms with Gasteiger partial charge in [-0.3, -0.25) is 4.79 Å². The summed E-state index contributed by atoms with van der Waals surface area (Å²) in [5, 5.41) is 0. The van der Waals surface area contributed by atoms with Crippen LogP contribution in [0, 0.1) is 0 Å². The summed E-state index contributed by atoms with van der Waals surface area (Å²) in [6, 6.07) is 5.34. The number of carbonyl (C=O) groups is 1. The molecule has 2 aromatic rings. The second-order valence-electron chi connectivity index (χ2n) is 5.97. The molecule has 1 N–H and O–H groups in total. The van der Waals surface area contributed by atoms with Crippen molar-refractivity contribution in [3.63, 3.8) is 0 Å². The van der Waals surface area contributed by atoms with Crippen molar-refractivity contribution < 1.29 is 13.2 Å². The lowest BCUT2D eigenvalue weighted by Gasteiger charge is -2.24. The van der Waals surface area contributed by atoms with Crippen LogP contribution < -0.4 is 0 Å². The Balaban J connectivity index is 1.74. The number of aromatic amines is 1. The van der Waals surface area contributed by atoms with E-state index in [1.807, 2.05) is 0 Å². The third-order valence-corrected chi connectivity index (χ3v) is 6.14. The minimum atomic E-state index is -3.44. The van der Waals surface area contributed by atoms with Gasteiger partial charge in [0.2, 0.25) is 0 Å². The third kappa shape index (κ3) is 3.14. The van der Waals surface area contributed by atoms with Crippen LogP contribution >= 0.6 is 0 Å². The summed E-state index contributed by atoms with van der Waals surface area (Å²) >= 11 is 0. The second kappa shape index (κ2) is 6.50. The van der Waals surface area contributed by atoms with E-state index in [1.165, 1.54) is 22.7 Å². The van der Waals surface area contributed by atoms with Crippen molar-refractivity contribution in [1.82, 2.24) is 23.5 Å². The van der Waals surface area contributed by atoms with Gasteiger partial charge in [0.25, 0.3) is 16.1 Å². The van der Waals surface area contributed by atoms with Crippen molar-refractivity contribution in [3.05, 3.63) is 30.1 Å². The minimum Gasteiger partial charge on any atom is -0.345 e. The summed E-state index contributed by atoms with van der Waals surface area (Å²) in [6.07, 6.45) is 2.21. The van der Waals surface area contributed by atoms with Crippen molar-refractivity contribution in [3.8, 4) is 0 Å². The van der Waals surface area contributed by atoms with E-state index in [2.05, 4.69) is 9.97 Å². The highest BCUT2D eigenvalue weighted by Crippen LogP contribution is 2.16. The van der Waals surface area contributed by atoms with Crippen LogP contribution in [0.25, 0.3) is 11.0 Å². The molecule has 1 aliphatic rings. The van der Waals surface area contributed by atoms with Crippen molar-refractivity contribution in [2.75, 3.05) is 40.3 Å². The SMILES string of the molecule is CN(C)S(=O)(=O)N1CCCN(C(=O)c2ccc3nc[nH]c3c2)CC1. The van der Waals surface area contributed by atoms with Gasteiger partial charge in [0.15, 0.2) is 0 Å². The maximum Gasteiger partial charge on any atom is 0.281 e. The predicted octanol–water partition coefficient (Wildman–Crippen LogP) is 0.517. The molecule has 9 heteroatoms. The number of hydrogen-bond acceptors (Lipinski definition) is 4. The molecule has 0 saturated carbocycles. The molecule has 24 heavy (non-hydrogen) atoms. The van der Waals surface area contributed by atoms with Gasteiger partial charge >= 0.3 is 0 Å². The van der Waals surface area contributed by atoms with Gasteiger partial charge in [0.1, 0.15) is 0 Å². The molecule has 0 bridgehead atoms. The molecular weight excluding hydrogens is 330 g/mol. The van der Waals surface area contributed by atoms with Crippen molar-refractivity contribution in [2.24, 2.45) is 0 Å². The summed E-state index contributed by atoms with van der Waals surface area (Å²) in [5.74, 6) is -0.0874. The Morgan fingerprint density at radius 1 is 1.21 bits per heavy atom. The van der Waals surface area contributed by atoms with Crippen LogP contribution in [0.2, 0.25) is 0 Å². The summed E-state index contributed by atoms with van der Waals surface area (Å²) < 4.78 is 27.1. The summed E-state index contributed by atoms with van der Waals surface area (Å²) in [6.45, 7) is 1.65. The van der Waals surface area contributed by atoms with Crippen molar-refractivity contribution in [1.29, 1.82) is 0 Å². The number of benzene rings is 1. The van der Waals surface area contributed by atoms with Crippen LogP contribution in [0.3, 0.4) is 0 Å². The molecule has 3 rings (SSSR count). The quantitative estimate of drug-likeness (QED) is 0.873. The third-order valence-electron chi connectivity index (χ3n) is 4.20. The van der Waals surface area contributed by atoms with Crippen LogP contribution in [0.15, 0.2) is 24.5 Å². The van der Waals surface area contributed by atoms with E-state index in [4.69, 9.17) is 0 Å². The lowest BCUT2D eigenvalue weighted by atomic mass is 10.1. The highest BCUT2D eigenvalue weighted by atomic mass is 32.2. The Labute approximate surface area is 141 Å². The molecule has 0 radical (unpaired) electrons. The summed E-state index contributed by atoms with van der Waals surface area (Å²) in [5.41, 5.74) is 2.20. The number of amides is 1. The van der Waals surface area contributed by atoms with Crippen LogP contribution in [0.4, 0.5) is 0 Å². The van der Waals surface area contributed by atoms with Crippen LogP contribution in [0.1, 0.15) is 16.8 Å². The fraction of sp³-hybridized carbons (Fsp3) is 0.467. The number of nitrogens with zero attached hydrogens (tertiary/aromatic N) is 4. The number of aromatic nitrogens is 2. The first-order valence-corrected chi connectivity index (χ1v) is 9.19. The average molecular weight is 351 g/mol. The maximum atomic E-state index is 12.7. The first-order valence-electron chi connectivity index (χ1n) is 7.79. The van der Waals surface area contributed by atoms with Gasteiger partial charge < -0.3 is 9.88 Å². The fourth-order valence-corrected chi connectivity index (χ4v) is 3.94. The molecule has 0 aliphatic carbocycles. The zero-order valence-electron chi connectivity index (χ0n) is 13.8. The molecule has 1 fully saturated rings. The van der Waals surface area contributed by atoms with Gasteiger partial charge in [0, 0.05) is 45.8 Å². The molecule has 1 saturated heterocycles. The lowest BCUT2D eigenvalue weighted by Crippen LogP contribution is -2.42. The normalized spacial score (nSPS) is 17.4. The number of nitrogens with one attached hydrogen (secondary N) is 1. The summed E-state index contributed by atoms with van der Waals surface area (Å²) in [4.78, 5) is 21.6. The van der Waals surface area contributed by atoms with Gasteiger partial charge in [-0.2, -0.15) is 17.0 Å². The average Bonchev–Trinajstić information content (AvgIpc) is 2.87. The number of hydrogen-bond donors (Lipinski definition) is 1. The number of rotatable bonds is 3. The number of carbonyl (C=O) groups excluding carboxylic acids is 1. The van der Waals surface area contributed by atoms with E-state index in [0.717, 1.165) is 11.0 Å². The van der Waals surface area contributed by atoms with Gasteiger partial charge in [-0.25, -0.2) is 4.98 Å². The zero-order chi connectivity index (χ0) is 17.3. The molecule has 0 unspecified atom stereocenters. The Morgan fingerprint density at radius 3 is 2.75 bits per heavy atom. The standard InChI is InChI=1S/C15H21N5O3S/c1-18(2)24(22,23)20-7-3-6-19(8-9-20)15(21)12-4-5-13-14(10-12)17-11-16-13/h4-5,10-11H,3,6-9H2,1-2H3,(H,16,17). The molecule has 0 atom stereocenters. The van der Waals surface area contributed by atoms with Gasteiger partial charge in [-0.05, 0) is 24.6 Å². The Hall–Kier alpha value is -1.97. The highest BCUT2D eigenvalue weighted by Gasteiger charge is 2.28. The fourth-order valence-electron chi connectivity index (χ4n) is 2.81. The molecule has 130 valence electrons. The Bertz CT molecular complexity index is 846. The first kappa shape index (κ1) is 16.9. The monoisotopic (exact) mass is 351 g/mol. The molecule has 0 spiro atoms. The zero-order valence-corrected chi connectivity index (χ0v) is 14.6. The first-order chi connectivity index (χ1) is 11.4. The topological polar surface area (TPSA) is 89.6 Å². The molecule has 2 heterocycles. The van der Waals surface area contributed by atoms with Crippen LogP contribution in [-0.4, -0.2) is 78.1 Å². The highest BCUT2D eigenvalue weighted by molar-refractivity contribution is 7.86. The van der Waals surface area contributed by atoms with E-state index < -0.39 is 10.2 Å². The molecule has 8 nitrogen and oxygen atoms in total. The minimum absolute atomic E-state index is 0.0874. The van der Waals surface area contributed by atoms with Gasteiger partial charge in [-0.1, -0.05) is 0 Å². The van der Waals surface area contributed by atoms with Gasteiger partial charge in [-0.15, -0.1) is 0 Å². The Morgan fingerprint density at radius 2 is 2.00 bits per heavy atom. The van der Waals surface area contributed by atoms with Crippen LogP contribution in [0.5, 0.6) is 0 Å². The molecule has 1 aromatic carbocycles. The predicted molar refractivity (Wildman–Crippen MR) is 90.8 cm³/mol. The van der Waals surface area contributed by atoms with E-state index in [0.29, 0.717) is 38.2 Å². The number of imidazole rings is 1. The molecule has 1 aromatic heterocycles. The number of H-pyrrole nitrogens is 1. The maximum absolute atomic E-state index is 12.7. The van der Waals surface area contributed by atoms with E-state index in [1.54, 1.807) is 29.4 Å². The Kier molecular flexibility index (Phi) is 4.57. The lowest BCUT2D eigenvalue weighted by molar-refractivity contribution is 0.0764.